The molecule has 1 aromatic heterocycles. The molecule has 3 heteroatoms. The highest BCUT2D eigenvalue weighted by atomic mass is 15.1. The summed E-state index contributed by atoms with van der Waals surface area (Å²) in [7, 11) is 0. The summed E-state index contributed by atoms with van der Waals surface area (Å²) in [5.74, 6) is 1.06. The first kappa shape index (κ1) is 10.9. The number of para-hydroxylation sites is 1. The number of imidazole rings is 1. The second kappa shape index (κ2) is 4.49. The van der Waals surface area contributed by atoms with E-state index in [1.807, 2.05) is 31.5 Å². The molecule has 2 N–H and O–H groups in total. The van der Waals surface area contributed by atoms with Crippen LogP contribution in [0.1, 0.15) is 31.3 Å². The van der Waals surface area contributed by atoms with Crippen molar-refractivity contribution < 1.29 is 0 Å². The van der Waals surface area contributed by atoms with Crippen LogP contribution in [0, 0.1) is 0 Å². The fourth-order valence-electron chi connectivity index (χ4n) is 1.91. The van der Waals surface area contributed by atoms with Crippen LogP contribution >= 0.6 is 0 Å². The van der Waals surface area contributed by atoms with Crippen LogP contribution in [-0.4, -0.2) is 9.55 Å². The van der Waals surface area contributed by atoms with Crippen LogP contribution in [0.2, 0.25) is 0 Å². The van der Waals surface area contributed by atoms with Gasteiger partial charge in [-0.2, -0.15) is 0 Å². The highest BCUT2D eigenvalue weighted by molar-refractivity contribution is 5.43. The molecule has 3 nitrogen and oxygen atoms in total. The molecule has 84 valence electrons. The maximum Gasteiger partial charge on any atom is 0.112 e. The molecule has 2 rings (SSSR count). The van der Waals surface area contributed by atoms with Gasteiger partial charge in [-0.1, -0.05) is 25.1 Å². The molecule has 0 aliphatic heterocycles. The predicted octanol–water partition coefficient (Wildman–Crippen LogP) is 2.45. The molecule has 1 atom stereocenters. The van der Waals surface area contributed by atoms with Gasteiger partial charge in [0.25, 0.3) is 0 Å². The highest BCUT2D eigenvalue weighted by Crippen LogP contribution is 2.21. The third-order valence-electron chi connectivity index (χ3n) is 2.72. The maximum absolute atomic E-state index is 5.98. The van der Waals surface area contributed by atoms with Crippen molar-refractivity contribution in [1.82, 2.24) is 9.55 Å². The number of aromatic nitrogens is 2. The number of aryl methyl sites for hydroxylation is 1. The molecule has 0 aliphatic rings. The Kier molecular flexibility index (Phi) is 3.06. The zero-order valence-electron chi connectivity index (χ0n) is 9.72. The molecule has 0 unspecified atom stereocenters. The van der Waals surface area contributed by atoms with Crippen LogP contribution in [0.15, 0.2) is 36.7 Å². The largest absolute Gasteiger partial charge is 0.324 e. The summed E-state index contributed by atoms with van der Waals surface area (Å²) >= 11 is 0. The van der Waals surface area contributed by atoms with Crippen LogP contribution < -0.4 is 5.73 Å². The van der Waals surface area contributed by atoms with E-state index in [1.54, 1.807) is 0 Å². The van der Waals surface area contributed by atoms with Gasteiger partial charge in [0, 0.05) is 24.9 Å². The average Bonchev–Trinajstić information content (AvgIpc) is 2.76. The predicted molar refractivity (Wildman–Crippen MR) is 65.5 cm³/mol. The Labute approximate surface area is 95.9 Å². The van der Waals surface area contributed by atoms with Gasteiger partial charge >= 0.3 is 0 Å². The highest BCUT2D eigenvalue weighted by Gasteiger charge is 2.09. The molecule has 1 heterocycles. The minimum atomic E-state index is 0.0308. The van der Waals surface area contributed by atoms with E-state index < -0.39 is 0 Å². The first-order chi connectivity index (χ1) is 7.74. The molecule has 0 radical (unpaired) electrons. The zero-order valence-corrected chi connectivity index (χ0v) is 9.72. The van der Waals surface area contributed by atoms with Gasteiger partial charge in [0.1, 0.15) is 5.82 Å². The molecule has 0 spiro atoms. The number of benzene rings is 1. The summed E-state index contributed by atoms with van der Waals surface area (Å²) in [6.45, 7) is 4.11. The second-order valence-corrected chi connectivity index (χ2v) is 3.91. The van der Waals surface area contributed by atoms with Gasteiger partial charge in [-0.15, -0.1) is 0 Å². The smallest absolute Gasteiger partial charge is 0.112 e. The van der Waals surface area contributed by atoms with Crippen LogP contribution in [0.25, 0.3) is 5.69 Å². The molecule has 1 aromatic carbocycles. The third kappa shape index (κ3) is 1.86. The van der Waals surface area contributed by atoms with E-state index in [0.717, 1.165) is 23.5 Å². The molecular weight excluding hydrogens is 198 g/mol. The number of nitrogens with two attached hydrogens (primary N) is 1. The number of nitrogens with zero attached hydrogens (tertiary/aromatic N) is 2. The van der Waals surface area contributed by atoms with Crippen molar-refractivity contribution in [1.29, 1.82) is 0 Å². The molecule has 0 amide bonds. The molecule has 0 bridgehead atoms. The van der Waals surface area contributed by atoms with Crippen molar-refractivity contribution in [2.24, 2.45) is 5.73 Å². The van der Waals surface area contributed by atoms with Crippen molar-refractivity contribution in [3.8, 4) is 5.69 Å². The molecule has 0 saturated heterocycles. The summed E-state index contributed by atoms with van der Waals surface area (Å²) < 4.78 is 2.11. The number of hydrogen-bond donors (Lipinski definition) is 1. The summed E-state index contributed by atoms with van der Waals surface area (Å²) in [6, 6.07) is 8.23. The van der Waals surface area contributed by atoms with E-state index in [4.69, 9.17) is 5.73 Å². The quantitative estimate of drug-likeness (QED) is 0.854. The molecule has 0 aliphatic carbocycles. The van der Waals surface area contributed by atoms with Gasteiger partial charge in [0.05, 0.1) is 5.69 Å². The number of hydrogen-bond acceptors (Lipinski definition) is 2. The van der Waals surface area contributed by atoms with Gasteiger partial charge < -0.3 is 10.3 Å². The lowest BCUT2D eigenvalue weighted by molar-refractivity contribution is 0.792. The molecular formula is C13H17N3. The Morgan fingerprint density at radius 1 is 1.38 bits per heavy atom. The Morgan fingerprint density at radius 2 is 2.12 bits per heavy atom. The summed E-state index contributed by atoms with van der Waals surface area (Å²) in [5.41, 5.74) is 8.26. The van der Waals surface area contributed by atoms with Crippen LogP contribution in [0.5, 0.6) is 0 Å². The Hall–Kier alpha value is -1.61. The lowest BCUT2D eigenvalue weighted by Gasteiger charge is -2.14. The average molecular weight is 215 g/mol. The molecule has 0 saturated carbocycles. The normalized spacial score (nSPS) is 12.7. The van der Waals surface area contributed by atoms with Crippen molar-refractivity contribution in [3.63, 3.8) is 0 Å². The zero-order chi connectivity index (χ0) is 11.5. The third-order valence-corrected chi connectivity index (χ3v) is 2.72. The Morgan fingerprint density at radius 3 is 2.81 bits per heavy atom. The first-order valence-corrected chi connectivity index (χ1v) is 5.61. The lowest BCUT2D eigenvalue weighted by atomic mass is 10.1. The fourth-order valence-corrected chi connectivity index (χ4v) is 1.91. The monoisotopic (exact) mass is 215 g/mol. The van der Waals surface area contributed by atoms with Gasteiger partial charge in [-0.05, 0) is 18.6 Å². The van der Waals surface area contributed by atoms with Gasteiger partial charge in [0.15, 0.2) is 0 Å². The van der Waals surface area contributed by atoms with E-state index in [9.17, 15) is 0 Å². The van der Waals surface area contributed by atoms with Crippen LogP contribution in [0.4, 0.5) is 0 Å². The summed E-state index contributed by atoms with van der Waals surface area (Å²) in [5, 5.41) is 0. The van der Waals surface area contributed by atoms with Crippen LogP contribution in [-0.2, 0) is 6.42 Å². The Bertz CT molecular complexity index is 472. The van der Waals surface area contributed by atoms with Crippen molar-refractivity contribution in [3.05, 3.63) is 48.0 Å². The first-order valence-electron chi connectivity index (χ1n) is 5.61. The van der Waals surface area contributed by atoms with Crippen molar-refractivity contribution in [2.75, 3.05) is 0 Å². The van der Waals surface area contributed by atoms with Gasteiger partial charge in [0.2, 0.25) is 0 Å². The van der Waals surface area contributed by atoms with E-state index in [2.05, 4.69) is 28.6 Å². The molecule has 16 heavy (non-hydrogen) atoms. The van der Waals surface area contributed by atoms with Crippen molar-refractivity contribution in [2.45, 2.75) is 26.3 Å². The topological polar surface area (TPSA) is 43.8 Å². The number of rotatable bonds is 3. The van der Waals surface area contributed by atoms with E-state index in [1.165, 1.54) is 0 Å². The SMILES string of the molecule is CCc1nccn1-c1ccccc1[C@H](C)N. The van der Waals surface area contributed by atoms with E-state index in [-0.39, 0.29) is 6.04 Å². The molecule has 2 aromatic rings. The maximum atomic E-state index is 5.98. The summed E-state index contributed by atoms with van der Waals surface area (Å²) in [4.78, 5) is 4.33. The van der Waals surface area contributed by atoms with Crippen LogP contribution in [0.3, 0.4) is 0 Å². The molecule has 0 fully saturated rings. The standard InChI is InChI=1S/C13H17N3/c1-3-13-15-8-9-16(13)12-7-5-4-6-11(12)10(2)14/h4-10H,3,14H2,1-2H3/t10-/m0/s1. The minimum Gasteiger partial charge on any atom is -0.324 e. The minimum absolute atomic E-state index is 0.0308. The van der Waals surface area contributed by atoms with Crippen molar-refractivity contribution >= 4 is 0 Å². The van der Waals surface area contributed by atoms with Gasteiger partial charge in [-0.3, -0.25) is 0 Å². The fraction of sp³-hybridized carbons (Fsp3) is 0.308. The van der Waals surface area contributed by atoms with E-state index in [0.29, 0.717) is 0 Å². The summed E-state index contributed by atoms with van der Waals surface area (Å²) in [6.07, 6.45) is 4.73. The lowest BCUT2D eigenvalue weighted by Crippen LogP contribution is -2.10. The second-order valence-electron chi connectivity index (χ2n) is 3.91. The Balaban J connectivity index is 2.55. The van der Waals surface area contributed by atoms with E-state index >= 15 is 0 Å². The van der Waals surface area contributed by atoms with Gasteiger partial charge in [-0.25, -0.2) is 4.98 Å².